The number of aromatic nitrogens is 3. The van der Waals surface area contributed by atoms with Crippen molar-refractivity contribution in [3.63, 3.8) is 0 Å². The average molecular weight is 456 g/mol. The van der Waals surface area contributed by atoms with Gasteiger partial charge in [-0.15, -0.1) is 0 Å². The van der Waals surface area contributed by atoms with E-state index in [1.54, 1.807) is 0 Å². The van der Waals surface area contributed by atoms with Crippen molar-refractivity contribution < 1.29 is 9.84 Å². The van der Waals surface area contributed by atoms with E-state index in [2.05, 4.69) is 39.0 Å². The van der Waals surface area contributed by atoms with Gasteiger partial charge in [0.05, 0.1) is 18.8 Å². The number of nitrogens with zero attached hydrogens (tertiary/aromatic N) is 4. The van der Waals surface area contributed by atoms with Crippen molar-refractivity contribution in [3.05, 3.63) is 72.4 Å². The number of H-pyrrole nitrogens is 1. The molecule has 34 heavy (non-hydrogen) atoms. The van der Waals surface area contributed by atoms with Crippen molar-refractivity contribution in [3.8, 4) is 11.4 Å². The summed E-state index contributed by atoms with van der Waals surface area (Å²) in [5.41, 5.74) is 2.29. The average Bonchev–Trinajstić information content (AvgIpc) is 3.39. The van der Waals surface area contributed by atoms with Crippen molar-refractivity contribution in [2.75, 3.05) is 49.2 Å². The molecule has 0 bridgehead atoms. The Morgan fingerprint density at radius 2 is 1.53 bits per heavy atom. The summed E-state index contributed by atoms with van der Waals surface area (Å²) in [6.45, 7) is 4.51. The molecule has 4 heterocycles. The van der Waals surface area contributed by atoms with Gasteiger partial charge < -0.3 is 24.6 Å². The smallest absolute Gasteiger partial charge is 0.164 e. The first-order chi connectivity index (χ1) is 16.7. The number of benzene rings is 2. The van der Waals surface area contributed by atoms with Gasteiger partial charge in [-0.3, -0.25) is 0 Å². The molecule has 0 aliphatic carbocycles. The van der Waals surface area contributed by atoms with Crippen LogP contribution < -0.4 is 9.80 Å². The monoisotopic (exact) mass is 455 g/mol. The topological polar surface area (TPSA) is 77.5 Å². The van der Waals surface area contributed by atoms with E-state index in [-0.39, 0.29) is 0 Å². The fourth-order valence-corrected chi connectivity index (χ4v) is 5.08. The third-order valence-corrected chi connectivity index (χ3v) is 7.10. The highest BCUT2D eigenvalue weighted by Gasteiger charge is 2.34. The number of nitrogens with one attached hydrogen (secondary N) is 1. The molecular weight excluding hydrogens is 426 g/mol. The molecule has 2 N–H and O–H groups in total. The normalized spacial score (nSPS) is 18.4. The quantitative estimate of drug-likeness (QED) is 0.485. The number of hydrogen-bond acceptors (Lipinski definition) is 6. The second-order valence-electron chi connectivity index (χ2n) is 9.14. The first-order valence-electron chi connectivity index (χ1n) is 12.0. The predicted octanol–water partition coefficient (Wildman–Crippen LogP) is 3.95. The standard InChI is InChI=1S/C27H29N5O2/c33-27(20-5-2-1-3-6-20)10-13-31(14-11-27)24-19-25(32-15-17-34-18-16-32)30-26(29-24)22-7-4-8-23-21(22)9-12-28-23/h1-9,12,19,28,33H,10-11,13-18H2. The first kappa shape index (κ1) is 21.1. The van der Waals surface area contributed by atoms with E-state index >= 15 is 0 Å². The number of ether oxygens (including phenoxy) is 1. The number of morpholine rings is 1. The highest BCUT2D eigenvalue weighted by Crippen LogP contribution is 2.36. The van der Waals surface area contributed by atoms with E-state index in [9.17, 15) is 5.11 Å². The number of hydrogen-bond donors (Lipinski definition) is 2. The molecule has 0 saturated carbocycles. The van der Waals surface area contributed by atoms with E-state index in [1.165, 1.54) is 0 Å². The maximum atomic E-state index is 11.3. The molecule has 0 radical (unpaired) electrons. The van der Waals surface area contributed by atoms with Crippen molar-refractivity contribution in [1.29, 1.82) is 0 Å². The Kier molecular flexibility index (Phi) is 5.43. The zero-order chi connectivity index (χ0) is 23.0. The van der Waals surface area contributed by atoms with Crippen LogP contribution in [0, 0.1) is 0 Å². The number of fused-ring (bicyclic) bond motifs is 1. The maximum Gasteiger partial charge on any atom is 0.164 e. The van der Waals surface area contributed by atoms with E-state index in [4.69, 9.17) is 14.7 Å². The van der Waals surface area contributed by atoms with Gasteiger partial charge in [0, 0.05) is 54.9 Å². The van der Waals surface area contributed by atoms with Gasteiger partial charge in [-0.2, -0.15) is 0 Å². The summed E-state index contributed by atoms with van der Waals surface area (Å²) in [5.74, 6) is 2.57. The number of aliphatic hydroxyl groups is 1. The van der Waals surface area contributed by atoms with Crippen LogP contribution in [0.1, 0.15) is 18.4 Å². The minimum atomic E-state index is -0.794. The van der Waals surface area contributed by atoms with Crippen LogP contribution in [0.15, 0.2) is 66.9 Å². The number of rotatable bonds is 4. The molecule has 174 valence electrons. The largest absolute Gasteiger partial charge is 0.385 e. The second-order valence-corrected chi connectivity index (χ2v) is 9.14. The van der Waals surface area contributed by atoms with Crippen LogP contribution in [0.25, 0.3) is 22.3 Å². The first-order valence-corrected chi connectivity index (χ1v) is 12.0. The van der Waals surface area contributed by atoms with Crippen LogP contribution in [-0.2, 0) is 10.3 Å². The van der Waals surface area contributed by atoms with E-state index in [0.717, 1.165) is 65.7 Å². The van der Waals surface area contributed by atoms with Gasteiger partial charge >= 0.3 is 0 Å². The molecule has 0 amide bonds. The molecule has 2 saturated heterocycles. The van der Waals surface area contributed by atoms with Gasteiger partial charge in [0.15, 0.2) is 5.82 Å². The highest BCUT2D eigenvalue weighted by molar-refractivity contribution is 5.93. The summed E-state index contributed by atoms with van der Waals surface area (Å²) in [5, 5.41) is 12.4. The molecule has 7 nitrogen and oxygen atoms in total. The van der Waals surface area contributed by atoms with Gasteiger partial charge in [-0.05, 0) is 30.5 Å². The number of piperidine rings is 1. The lowest BCUT2D eigenvalue weighted by atomic mass is 9.84. The summed E-state index contributed by atoms with van der Waals surface area (Å²) in [4.78, 5) is 17.9. The summed E-state index contributed by atoms with van der Waals surface area (Å²) in [7, 11) is 0. The Labute approximate surface area is 199 Å². The lowest BCUT2D eigenvalue weighted by Gasteiger charge is -2.39. The van der Waals surface area contributed by atoms with E-state index in [1.807, 2.05) is 42.6 Å². The molecular formula is C27H29N5O2. The van der Waals surface area contributed by atoms with Gasteiger partial charge in [0.1, 0.15) is 11.6 Å². The molecule has 4 aromatic rings. The molecule has 2 fully saturated rings. The van der Waals surface area contributed by atoms with Crippen molar-refractivity contribution in [1.82, 2.24) is 15.0 Å². The summed E-state index contributed by atoms with van der Waals surface area (Å²) in [6.07, 6.45) is 3.28. The molecule has 2 aromatic carbocycles. The zero-order valence-corrected chi connectivity index (χ0v) is 19.2. The zero-order valence-electron chi connectivity index (χ0n) is 19.2. The van der Waals surface area contributed by atoms with E-state index in [0.29, 0.717) is 26.1 Å². The van der Waals surface area contributed by atoms with Gasteiger partial charge in [0.2, 0.25) is 0 Å². The molecule has 2 aliphatic heterocycles. The second kappa shape index (κ2) is 8.74. The van der Waals surface area contributed by atoms with Crippen LogP contribution in [0.2, 0.25) is 0 Å². The van der Waals surface area contributed by atoms with Crippen molar-refractivity contribution >= 4 is 22.5 Å². The Morgan fingerprint density at radius 1 is 0.824 bits per heavy atom. The van der Waals surface area contributed by atoms with E-state index < -0.39 is 5.60 Å². The molecule has 6 rings (SSSR count). The molecule has 2 aromatic heterocycles. The van der Waals surface area contributed by atoms with Crippen LogP contribution in [0.4, 0.5) is 11.6 Å². The van der Waals surface area contributed by atoms with Crippen LogP contribution >= 0.6 is 0 Å². The highest BCUT2D eigenvalue weighted by atomic mass is 16.5. The fourth-order valence-electron chi connectivity index (χ4n) is 5.08. The Morgan fingerprint density at radius 3 is 2.26 bits per heavy atom. The lowest BCUT2D eigenvalue weighted by molar-refractivity contribution is 0.0116. The lowest BCUT2D eigenvalue weighted by Crippen LogP contribution is -2.43. The minimum Gasteiger partial charge on any atom is -0.385 e. The van der Waals surface area contributed by atoms with Crippen molar-refractivity contribution in [2.24, 2.45) is 0 Å². The molecule has 7 heteroatoms. The third kappa shape index (κ3) is 3.91. The Balaban J connectivity index is 1.35. The van der Waals surface area contributed by atoms with Crippen LogP contribution in [-0.4, -0.2) is 59.5 Å². The molecule has 0 unspecified atom stereocenters. The summed E-state index contributed by atoms with van der Waals surface area (Å²) in [6, 6.07) is 20.4. The minimum absolute atomic E-state index is 0.663. The fraction of sp³-hybridized carbons (Fsp3) is 0.333. The molecule has 2 aliphatic rings. The number of aromatic amines is 1. The predicted molar refractivity (Wildman–Crippen MR) is 134 cm³/mol. The Hall–Kier alpha value is -3.42. The summed E-state index contributed by atoms with van der Waals surface area (Å²) < 4.78 is 5.57. The molecule has 0 atom stereocenters. The summed E-state index contributed by atoms with van der Waals surface area (Å²) >= 11 is 0. The van der Waals surface area contributed by atoms with Gasteiger partial charge in [-0.1, -0.05) is 42.5 Å². The van der Waals surface area contributed by atoms with Crippen molar-refractivity contribution in [2.45, 2.75) is 18.4 Å². The van der Waals surface area contributed by atoms with Crippen LogP contribution in [0.3, 0.4) is 0 Å². The van der Waals surface area contributed by atoms with Gasteiger partial charge in [-0.25, -0.2) is 9.97 Å². The SMILES string of the molecule is OC1(c2ccccc2)CCN(c2cc(N3CCOCC3)nc(-c3cccc4[nH]ccc34)n2)CC1. The van der Waals surface area contributed by atoms with Crippen LogP contribution in [0.5, 0.6) is 0 Å². The van der Waals surface area contributed by atoms with Gasteiger partial charge in [0.25, 0.3) is 0 Å². The Bertz CT molecular complexity index is 1270. The third-order valence-electron chi connectivity index (χ3n) is 7.10. The molecule has 0 spiro atoms. The number of anilines is 2. The maximum absolute atomic E-state index is 11.3.